The Morgan fingerprint density at radius 2 is 2.15 bits per heavy atom. The van der Waals surface area contributed by atoms with Crippen molar-refractivity contribution in [1.82, 2.24) is 4.90 Å². The molecule has 3 heteroatoms. The van der Waals surface area contributed by atoms with Crippen molar-refractivity contribution >= 4 is 5.97 Å². The molecule has 0 bridgehead atoms. The second-order valence-electron chi connectivity index (χ2n) is 3.04. The second kappa shape index (κ2) is 6.43. The zero-order chi connectivity index (χ0) is 10.3. The molecule has 0 aromatic rings. The number of ether oxygens (including phenoxy) is 1. The van der Waals surface area contributed by atoms with Crippen LogP contribution in [0.1, 0.15) is 6.42 Å². The fourth-order valence-corrected chi connectivity index (χ4v) is 0.697. The minimum absolute atomic E-state index is 0.250. The minimum Gasteiger partial charge on any atom is -0.458 e. The van der Waals surface area contributed by atoms with E-state index in [4.69, 9.17) is 4.74 Å². The molecular weight excluding hydrogens is 166 g/mol. The first kappa shape index (κ1) is 11.9. The Balaban J connectivity index is 3.69. The van der Waals surface area contributed by atoms with Crippen LogP contribution in [0.5, 0.6) is 0 Å². The summed E-state index contributed by atoms with van der Waals surface area (Å²) in [6.45, 7) is 8.15. The van der Waals surface area contributed by atoms with Crippen LogP contribution >= 0.6 is 0 Å². The van der Waals surface area contributed by atoms with Crippen molar-refractivity contribution in [1.29, 1.82) is 0 Å². The average molecular weight is 183 g/mol. The van der Waals surface area contributed by atoms with Crippen LogP contribution in [0.4, 0.5) is 0 Å². The number of hydrogen-bond acceptors (Lipinski definition) is 3. The number of esters is 1. The third kappa shape index (κ3) is 6.11. The topological polar surface area (TPSA) is 29.5 Å². The SMILES string of the molecule is C=CCOC(=O)C(=C)CCN(C)C. The van der Waals surface area contributed by atoms with Gasteiger partial charge in [-0.2, -0.15) is 0 Å². The molecule has 3 nitrogen and oxygen atoms in total. The number of hydrogen-bond donors (Lipinski definition) is 0. The van der Waals surface area contributed by atoms with Crippen LogP contribution in [0.15, 0.2) is 24.8 Å². The number of carbonyl (C=O) groups excluding carboxylic acids is 1. The highest BCUT2D eigenvalue weighted by Crippen LogP contribution is 2.01. The maximum absolute atomic E-state index is 11.1. The van der Waals surface area contributed by atoms with Gasteiger partial charge in [-0.15, -0.1) is 0 Å². The van der Waals surface area contributed by atoms with Gasteiger partial charge in [-0.25, -0.2) is 4.79 Å². The number of rotatable bonds is 6. The first-order chi connectivity index (χ1) is 6.07. The van der Waals surface area contributed by atoms with Crippen LogP contribution in [0.3, 0.4) is 0 Å². The summed E-state index contributed by atoms with van der Waals surface area (Å²) in [6.07, 6.45) is 2.18. The lowest BCUT2D eigenvalue weighted by molar-refractivity contribution is -0.137. The Hall–Kier alpha value is -1.09. The Morgan fingerprint density at radius 1 is 1.54 bits per heavy atom. The first-order valence-electron chi connectivity index (χ1n) is 4.18. The van der Waals surface area contributed by atoms with Crippen LogP contribution in [0.2, 0.25) is 0 Å². The molecule has 0 saturated carbocycles. The molecule has 13 heavy (non-hydrogen) atoms. The van der Waals surface area contributed by atoms with Gasteiger partial charge in [0.05, 0.1) is 0 Å². The fourth-order valence-electron chi connectivity index (χ4n) is 0.697. The lowest BCUT2D eigenvalue weighted by Gasteiger charge is -2.10. The standard InChI is InChI=1S/C10H17NO2/c1-5-8-13-10(12)9(2)6-7-11(3)4/h5H,1-2,6-8H2,3-4H3. The highest BCUT2D eigenvalue weighted by atomic mass is 16.5. The van der Waals surface area contributed by atoms with E-state index in [2.05, 4.69) is 13.2 Å². The van der Waals surface area contributed by atoms with Crippen LogP contribution in [0, 0.1) is 0 Å². The summed E-state index contributed by atoms with van der Waals surface area (Å²) in [4.78, 5) is 13.1. The molecule has 0 atom stereocenters. The lowest BCUT2D eigenvalue weighted by Crippen LogP contribution is -2.16. The van der Waals surface area contributed by atoms with Gasteiger partial charge in [-0.1, -0.05) is 19.2 Å². The van der Waals surface area contributed by atoms with Gasteiger partial charge in [-0.3, -0.25) is 0 Å². The highest BCUT2D eigenvalue weighted by molar-refractivity contribution is 5.87. The number of nitrogens with zero attached hydrogens (tertiary/aromatic N) is 1. The van der Waals surface area contributed by atoms with Crippen LogP contribution < -0.4 is 0 Å². The van der Waals surface area contributed by atoms with Gasteiger partial charge >= 0.3 is 5.97 Å². The van der Waals surface area contributed by atoms with E-state index in [9.17, 15) is 4.79 Å². The molecule has 0 spiro atoms. The van der Waals surface area contributed by atoms with E-state index in [1.54, 1.807) is 0 Å². The summed E-state index contributed by atoms with van der Waals surface area (Å²) in [5.41, 5.74) is 0.510. The van der Waals surface area contributed by atoms with E-state index in [0.29, 0.717) is 12.0 Å². The van der Waals surface area contributed by atoms with Gasteiger partial charge < -0.3 is 9.64 Å². The molecule has 0 aromatic carbocycles. The van der Waals surface area contributed by atoms with Crippen molar-refractivity contribution in [3.05, 3.63) is 24.8 Å². The summed E-state index contributed by atoms with van der Waals surface area (Å²) >= 11 is 0. The zero-order valence-electron chi connectivity index (χ0n) is 8.38. The molecule has 0 saturated heterocycles. The molecule has 0 aromatic heterocycles. The summed E-state index contributed by atoms with van der Waals surface area (Å²) in [6, 6.07) is 0. The van der Waals surface area contributed by atoms with Crippen LogP contribution in [0.25, 0.3) is 0 Å². The van der Waals surface area contributed by atoms with E-state index in [1.165, 1.54) is 6.08 Å². The molecule has 0 N–H and O–H groups in total. The molecule has 0 fully saturated rings. The summed E-state index contributed by atoms with van der Waals surface area (Å²) in [5, 5.41) is 0. The highest BCUT2D eigenvalue weighted by Gasteiger charge is 2.07. The van der Waals surface area contributed by atoms with Gasteiger partial charge in [0.25, 0.3) is 0 Å². The minimum atomic E-state index is -0.332. The quantitative estimate of drug-likeness (QED) is 0.352. The van der Waals surface area contributed by atoms with Gasteiger partial charge in [0, 0.05) is 12.1 Å². The first-order valence-corrected chi connectivity index (χ1v) is 4.18. The van der Waals surface area contributed by atoms with Crippen molar-refractivity contribution in [3.63, 3.8) is 0 Å². The molecular formula is C10H17NO2. The fraction of sp³-hybridized carbons (Fsp3) is 0.500. The normalized spacial score (nSPS) is 9.77. The van der Waals surface area contributed by atoms with Gasteiger partial charge in [0.15, 0.2) is 0 Å². The molecule has 74 valence electrons. The van der Waals surface area contributed by atoms with E-state index >= 15 is 0 Å². The third-order valence-corrected chi connectivity index (χ3v) is 1.48. The van der Waals surface area contributed by atoms with Crippen molar-refractivity contribution in [2.45, 2.75) is 6.42 Å². The average Bonchev–Trinajstić information content (AvgIpc) is 2.10. The Kier molecular flexibility index (Phi) is 5.89. The molecule has 0 radical (unpaired) electrons. The predicted molar refractivity (Wildman–Crippen MR) is 53.5 cm³/mol. The molecule has 0 amide bonds. The van der Waals surface area contributed by atoms with Crippen molar-refractivity contribution in [3.8, 4) is 0 Å². The summed E-state index contributed by atoms with van der Waals surface area (Å²) < 4.78 is 4.81. The van der Waals surface area contributed by atoms with Gasteiger partial charge in [-0.05, 0) is 20.5 Å². The molecule has 0 rings (SSSR count). The Morgan fingerprint density at radius 3 is 2.62 bits per heavy atom. The molecule has 0 heterocycles. The monoisotopic (exact) mass is 183 g/mol. The van der Waals surface area contributed by atoms with Crippen LogP contribution in [-0.2, 0) is 9.53 Å². The van der Waals surface area contributed by atoms with Crippen molar-refractivity contribution < 1.29 is 9.53 Å². The van der Waals surface area contributed by atoms with Gasteiger partial charge in [0.1, 0.15) is 6.61 Å². The van der Waals surface area contributed by atoms with Crippen molar-refractivity contribution in [2.24, 2.45) is 0 Å². The molecule has 0 aliphatic heterocycles. The molecule has 0 aliphatic rings. The smallest absolute Gasteiger partial charge is 0.333 e. The predicted octanol–water partition coefficient (Wildman–Crippen LogP) is 1.22. The van der Waals surface area contributed by atoms with E-state index in [0.717, 1.165) is 6.54 Å². The van der Waals surface area contributed by atoms with Gasteiger partial charge in [0.2, 0.25) is 0 Å². The molecule has 0 aliphatic carbocycles. The summed E-state index contributed by atoms with van der Waals surface area (Å²) in [7, 11) is 3.89. The van der Waals surface area contributed by atoms with E-state index in [-0.39, 0.29) is 12.6 Å². The van der Waals surface area contributed by atoms with Crippen molar-refractivity contribution in [2.75, 3.05) is 27.2 Å². The van der Waals surface area contributed by atoms with E-state index < -0.39 is 0 Å². The molecule has 0 unspecified atom stereocenters. The number of carbonyl (C=O) groups is 1. The Labute approximate surface area is 79.7 Å². The lowest BCUT2D eigenvalue weighted by atomic mass is 10.2. The summed E-state index contributed by atoms with van der Waals surface area (Å²) in [5.74, 6) is -0.332. The Bertz CT molecular complexity index is 197. The second-order valence-corrected chi connectivity index (χ2v) is 3.04. The van der Waals surface area contributed by atoms with Crippen LogP contribution in [-0.4, -0.2) is 38.1 Å². The maximum atomic E-state index is 11.1. The third-order valence-electron chi connectivity index (χ3n) is 1.48. The van der Waals surface area contributed by atoms with E-state index in [1.807, 2.05) is 19.0 Å². The zero-order valence-corrected chi connectivity index (χ0v) is 8.38. The largest absolute Gasteiger partial charge is 0.458 e. The maximum Gasteiger partial charge on any atom is 0.333 e.